The molecule has 0 aliphatic carbocycles. The lowest BCUT2D eigenvalue weighted by Gasteiger charge is -2.15. The summed E-state index contributed by atoms with van der Waals surface area (Å²) in [6.45, 7) is 0. The Morgan fingerprint density at radius 1 is 0.275 bits per heavy atom. The Morgan fingerprint density at radius 2 is 0.627 bits per heavy atom. The van der Waals surface area contributed by atoms with E-state index in [1.807, 2.05) is 24.3 Å². The van der Waals surface area contributed by atoms with Gasteiger partial charge in [-0.2, -0.15) is 0 Å². The van der Waals surface area contributed by atoms with E-state index in [1.165, 1.54) is 0 Å². The number of hydrogen-bond donors (Lipinski definition) is 0. The third-order valence-corrected chi connectivity index (χ3v) is 10.9. The lowest BCUT2D eigenvalue weighted by molar-refractivity contribution is 1.57. The topological polar surface area (TPSA) is 17.1 Å². The summed E-state index contributed by atoms with van der Waals surface area (Å²) >= 11 is 1.67. The molecule has 0 saturated carbocycles. The minimum Gasteiger partial charge on any atom is -0.289 e. The van der Waals surface area contributed by atoms with Gasteiger partial charge in [0, 0.05) is 20.2 Å². The first-order valence-electron chi connectivity index (χ1n) is 17.2. The number of hydrogen-bond acceptors (Lipinski definition) is 2. The molecule has 0 aliphatic heterocycles. The zero-order valence-corrected chi connectivity index (χ0v) is 28.6. The van der Waals surface area contributed by atoms with Gasteiger partial charge in [0.25, 0.3) is 0 Å². The molecule has 0 aliphatic rings. The Bertz CT molecular complexity index is 2540. The van der Waals surface area contributed by atoms with Crippen molar-refractivity contribution in [2.24, 2.45) is 0 Å². The monoisotopic (exact) mass is 668 g/mol. The number of rotatable bonds is 6. The molecule has 0 fully saturated rings. The summed E-state index contributed by atoms with van der Waals surface area (Å²) in [6.07, 6.45) is 0. The Labute approximate surface area is 301 Å². The van der Waals surface area contributed by atoms with Crippen LogP contribution < -0.4 is 5.43 Å². The molecule has 0 unspecified atom stereocenters. The molecular formula is C49H32OS. The van der Waals surface area contributed by atoms with Crippen LogP contribution in [0.3, 0.4) is 0 Å². The van der Waals surface area contributed by atoms with Crippen molar-refractivity contribution >= 4 is 31.5 Å². The van der Waals surface area contributed by atoms with Crippen molar-refractivity contribution < 1.29 is 0 Å². The summed E-state index contributed by atoms with van der Waals surface area (Å²) in [5, 5.41) is 1.49. The lowest BCUT2D eigenvalue weighted by Crippen LogP contribution is -2.02. The maximum Gasteiger partial charge on any atom is 0.195 e. The Kier molecular flexibility index (Phi) is 7.92. The normalized spacial score (nSPS) is 11.2. The van der Waals surface area contributed by atoms with Gasteiger partial charge in [-0.05, 0) is 103 Å². The minimum absolute atomic E-state index is 0.0587. The van der Waals surface area contributed by atoms with Crippen LogP contribution in [0.25, 0.3) is 86.9 Å². The van der Waals surface area contributed by atoms with Crippen LogP contribution in [0.4, 0.5) is 0 Å². The van der Waals surface area contributed by atoms with Crippen molar-refractivity contribution in [3.63, 3.8) is 0 Å². The van der Waals surface area contributed by atoms with E-state index in [1.54, 1.807) is 11.3 Å². The van der Waals surface area contributed by atoms with Gasteiger partial charge in [-0.25, -0.2) is 0 Å². The van der Waals surface area contributed by atoms with E-state index >= 15 is 0 Å². The van der Waals surface area contributed by atoms with Gasteiger partial charge in [-0.15, -0.1) is 11.3 Å². The van der Waals surface area contributed by atoms with Gasteiger partial charge in [0.2, 0.25) is 0 Å². The molecule has 1 heterocycles. The Balaban J connectivity index is 1.22. The van der Waals surface area contributed by atoms with Crippen molar-refractivity contribution in [2.45, 2.75) is 0 Å². The maximum absolute atomic E-state index is 14.5. The standard InChI is InChI=1S/C49H32OS/c50-49-45-31-39(43-29-37(33-13-5-1-6-14-33)21-25-41(43)35-17-9-3-10-18-35)23-27-47(45)51-48-28-24-40(32-46(48)49)44-30-38(34-15-7-2-8-16-34)22-26-42(44)36-19-11-4-12-20-36/h1-32H. The minimum atomic E-state index is 0.0587. The highest BCUT2D eigenvalue weighted by molar-refractivity contribution is 7.24. The molecule has 1 aromatic heterocycles. The first-order chi connectivity index (χ1) is 25.2. The second-order valence-corrected chi connectivity index (χ2v) is 13.9. The van der Waals surface area contributed by atoms with Gasteiger partial charge in [0.15, 0.2) is 5.43 Å². The lowest BCUT2D eigenvalue weighted by atomic mass is 9.90. The number of fused-ring (bicyclic) bond motifs is 2. The molecule has 0 saturated heterocycles. The molecule has 1 nitrogen and oxygen atoms in total. The van der Waals surface area contributed by atoms with Crippen LogP contribution in [-0.4, -0.2) is 0 Å². The second kappa shape index (κ2) is 13.2. The summed E-state index contributed by atoms with van der Waals surface area (Å²) in [4.78, 5) is 14.5. The Morgan fingerprint density at radius 3 is 1.02 bits per heavy atom. The van der Waals surface area contributed by atoms with Crippen LogP contribution >= 0.6 is 11.3 Å². The molecule has 2 heteroatoms. The van der Waals surface area contributed by atoms with Crippen LogP contribution in [-0.2, 0) is 0 Å². The molecule has 0 radical (unpaired) electrons. The summed E-state index contributed by atoms with van der Waals surface area (Å²) in [5.74, 6) is 0. The van der Waals surface area contributed by atoms with Crippen LogP contribution in [0.2, 0.25) is 0 Å². The molecule has 0 atom stereocenters. The third-order valence-electron chi connectivity index (χ3n) is 9.71. The quantitative estimate of drug-likeness (QED) is 0.161. The zero-order chi connectivity index (χ0) is 34.1. The number of benzene rings is 8. The Hall–Kier alpha value is -6.35. The molecule has 0 spiro atoms. The fourth-order valence-electron chi connectivity index (χ4n) is 7.12. The average Bonchev–Trinajstić information content (AvgIpc) is 3.21. The van der Waals surface area contributed by atoms with E-state index in [9.17, 15) is 4.79 Å². The van der Waals surface area contributed by atoms with Crippen LogP contribution in [0, 0.1) is 0 Å². The highest BCUT2D eigenvalue weighted by Crippen LogP contribution is 2.40. The van der Waals surface area contributed by atoms with Gasteiger partial charge < -0.3 is 0 Å². The smallest absolute Gasteiger partial charge is 0.195 e. The molecule has 0 N–H and O–H groups in total. The van der Waals surface area contributed by atoms with E-state index in [2.05, 4.69) is 170 Å². The van der Waals surface area contributed by atoms with Gasteiger partial charge in [0.05, 0.1) is 0 Å². The highest BCUT2D eigenvalue weighted by Gasteiger charge is 2.15. The molecular weight excluding hydrogens is 637 g/mol. The maximum atomic E-state index is 14.5. The van der Waals surface area contributed by atoms with Crippen molar-refractivity contribution in [1.29, 1.82) is 0 Å². The third kappa shape index (κ3) is 5.86. The highest BCUT2D eigenvalue weighted by atomic mass is 32.1. The van der Waals surface area contributed by atoms with Crippen LogP contribution in [0.1, 0.15) is 0 Å². The molecule has 240 valence electrons. The predicted octanol–water partition coefficient (Wildman–Crippen LogP) is 13.4. The fourth-order valence-corrected chi connectivity index (χ4v) is 8.15. The van der Waals surface area contributed by atoms with Crippen molar-refractivity contribution in [3.8, 4) is 66.8 Å². The fraction of sp³-hybridized carbons (Fsp3) is 0. The van der Waals surface area contributed by atoms with Gasteiger partial charge in [-0.3, -0.25) is 4.79 Å². The van der Waals surface area contributed by atoms with Crippen molar-refractivity contribution in [1.82, 2.24) is 0 Å². The van der Waals surface area contributed by atoms with Gasteiger partial charge in [-0.1, -0.05) is 158 Å². The van der Waals surface area contributed by atoms with Crippen molar-refractivity contribution in [3.05, 3.63) is 204 Å². The molecule has 0 bridgehead atoms. The SMILES string of the molecule is O=c1c2cc(-c3cc(-c4ccccc4)ccc3-c3ccccc3)ccc2sc2ccc(-c3cc(-c4ccccc4)ccc3-c3ccccc3)cc12. The van der Waals surface area contributed by atoms with E-state index in [4.69, 9.17) is 0 Å². The van der Waals surface area contributed by atoms with E-state index in [0.29, 0.717) is 0 Å². The largest absolute Gasteiger partial charge is 0.289 e. The van der Waals surface area contributed by atoms with Crippen LogP contribution in [0.5, 0.6) is 0 Å². The average molecular weight is 669 g/mol. The molecule has 8 aromatic carbocycles. The predicted molar refractivity (Wildman–Crippen MR) is 218 cm³/mol. The summed E-state index contributed by atoms with van der Waals surface area (Å²) in [5.41, 5.74) is 13.5. The summed E-state index contributed by atoms with van der Waals surface area (Å²) in [6, 6.07) is 68.0. The van der Waals surface area contributed by atoms with Crippen molar-refractivity contribution in [2.75, 3.05) is 0 Å². The van der Waals surface area contributed by atoms with E-state index in [-0.39, 0.29) is 5.43 Å². The molecule has 51 heavy (non-hydrogen) atoms. The second-order valence-electron chi connectivity index (χ2n) is 12.8. The molecule has 9 rings (SSSR count). The first kappa shape index (κ1) is 30.7. The summed E-state index contributed by atoms with van der Waals surface area (Å²) in [7, 11) is 0. The molecule has 9 aromatic rings. The first-order valence-corrected chi connectivity index (χ1v) is 18.0. The molecule has 0 amide bonds. The zero-order valence-electron chi connectivity index (χ0n) is 27.8. The summed E-state index contributed by atoms with van der Waals surface area (Å²) < 4.78 is 1.97. The van der Waals surface area contributed by atoms with Gasteiger partial charge >= 0.3 is 0 Å². The van der Waals surface area contributed by atoms with Crippen LogP contribution in [0.15, 0.2) is 199 Å². The van der Waals surface area contributed by atoms with E-state index < -0.39 is 0 Å². The van der Waals surface area contributed by atoms with Gasteiger partial charge in [0.1, 0.15) is 0 Å². The van der Waals surface area contributed by atoms with E-state index in [0.717, 1.165) is 86.9 Å².